The molecule has 0 bridgehead atoms. The second-order valence-electron chi connectivity index (χ2n) is 9.43. The molecule has 0 aromatic heterocycles. The second-order valence-corrected chi connectivity index (χ2v) is 9.43. The number of hydrogen-bond donors (Lipinski definition) is 1. The van der Waals surface area contributed by atoms with Gasteiger partial charge in [0.15, 0.2) is 0 Å². The summed E-state index contributed by atoms with van der Waals surface area (Å²) >= 11 is 0. The van der Waals surface area contributed by atoms with E-state index < -0.39 is 0 Å². The molecule has 1 atom stereocenters. The number of fused-ring (bicyclic) bond motifs is 1. The zero-order valence-corrected chi connectivity index (χ0v) is 16.8. The van der Waals surface area contributed by atoms with Gasteiger partial charge in [-0.2, -0.15) is 0 Å². The van der Waals surface area contributed by atoms with Crippen molar-refractivity contribution < 1.29 is 9.59 Å². The third kappa shape index (κ3) is 2.96. The first-order valence-corrected chi connectivity index (χ1v) is 11.4. The molecule has 1 aromatic rings. The van der Waals surface area contributed by atoms with Crippen LogP contribution >= 0.6 is 0 Å². The smallest absolute Gasteiger partial charge is 0.254 e. The molecule has 4 aliphatic rings. The molecular weight excluding hydrogens is 348 g/mol. The van der Waals surface area contributed by atoms with Gasteiger partial charge in [-0.3, -0.25) is 9.59 Å². The van der Waals surface area contributed by atoms with Crippen molar-refractivity contribution >= 4 is 11.8 Å². The van der Waals surface area contributed by atoms with Crippen molar-refractivity contribution in [1.82, 2.24) is 10.2 Å². The van der Waals surface area contributed by atoms with Crippen LogP contribution in [0.15, 0.2) is 24.3 Å². The van der Waals surface area contributed by atoms with Gasteiger partial charge < -0.3 is 10.2 Å². The maximum atomic E-state index is 13.8. The molecule has 4 nitrogen and oxygen atoms in total. The molecule has 150 valence electrons. The van der Waals surface area contributed by atoms with Crippen molar-refractivity contribution in [3.05, 3.63) is 35.4 Å². The predicted octanol–water partition coefficient (Wildman–Crippen LogP) is 4.54. The highest BCUT2D eigenvalue weighted by molar-refractivity contribution is 6.02. The minimum absolute atomic E-state index is 0.158. The fraction of sp³-hybridized carbons (Fsp3) is 0.667. The Morgan fingerprint density at radius 2 is 1.61 bits per heavy atom. The Morgan fingerprint density at radius 1 is 0.929 bits per heavy atom. The van der Waals surface area contributed by atoms with Gasteiger partial charge in [0.2, 0.25) is 5.91 Å². The molecule has 3 saturated carbocycles. The Kier molecular flexibility index (Phi) is 4.68. The van der Waals surface area contributed by atoms with Crippen molar-refractivity contribution in [3.63, 3.8) is 0 Å². The van der Waals surface area contributed by atoms with Crippen molar-refractivity contribution in [2.45, 2.75) is 101 Å². The molecule has 1 N–H and O–H groups in total. The molecular formula is C24H32N2O2. The van der Waals surface area contributed by atoms with Crippen molar-refractivity contribution in [3.8, 4) is 0 Å². The zero-order valence-electron chi connectivity index (χ0n) is 16.8. The molecule has 1 aliphatic heterocycles. The SMILES string of the molecule is O=C(NC1CC1)[C@@H]1c2ccccc2C(=O)N(C2CCCCC2)C12CCCCC2. The van der Waals surface area contributed by atoms with E-state index in [1.165, 1.54) is 25.7 Å². The van der Waals surface area contributed by atoms with E-state index in [9.17, 15) is 9.59 Å². The van der Waals surface area contributed by atoms with Crippen molar-refractivity contribution in [1.29, 1.82) is 0 Å². The Bertz CT molecular complexity index is 758. The van der Waals surface area contributed by atoms with Gasteiger partial charge >= 0.3 is 0 Å². The molecule has 1 heterocycles. The Balaban J connectivity index is 1.63. The average molecular weight is 381 g/mol. The van der Waals surface area contributed by atoms with E-state index in [0.717, 1.165) is 62.5 Å². The number of nitrogens with zero attached hydrogens (tertiary/aromatic N) is 1. The number of rotatable bonds is 3. The number of carbonyl (C=O) groups excluding carboxylic acids is 2. The molecule has 3 fully saturated rings. The zero-order chi connectivity index (χ0) is 19.1. The van der Waals surface area contributed by atoms with Crippen LogP contribution in [0.1, 0.15) is 98.9 Å². The molecule has 0 unspecified atom stereocenters. The molecule has 4 heteroatoms. The quantitative estimate of drug-likeness (QED) is 0.837. The first-order chi connectivity index (χ1) is 13.7. The van der Waals surface area contributed by atoms with E-state index in [1.54, 1.807) is 0 Å². The van der Waals surface area contributed by atoms with Crippen molar-refractivity contribution in [2.75, 3.05) is 0 Å². The van der Waals surface area contributed by atoms with Crippen molar-refractivity contribution in [2.24, 2.45) is 0 Å². The van der Waals surface area contributed by atoms with Crippen LogP contribution in [-0.2, 0) is 4.79 Å². The standard InChI is InChI=1S/C24H32N2O2/c27-22(25-17-13-14-17)21-19-11-5-6-12-20(19)23(28)26(18-9-3-1-4-10-18)24(21)15-7-2-8-16-24/h5-6,11-12,17-18,21H,1-4,7-10,13-16H2,(H,25,27)/t21-/m0/s1. The van der Waals surface area contributed by atoms with Gasteiger partial charge in [0.25, 0.3) is 5.91 Å². The third-order valence-electron chi connectivity index (χ3n) is 7.58. The van der Waals surface area contributed by atoms with Crippen LogP contribution < -0.4 is 5.32 Å². The first kappa shape index (κ1) is 18.2. The highest BCUT2D eigenvalue weighted by atomic mass is 16.2. The monoisotopic (exact) mass is 380 g/mol. The van der Waals surface area contributed by atoms with Gasteiger partial charge in [-0.15, -0.1) is 0 Å². The maximum absolute atomic E-state index is 13.8. The number of benzene rings is 1. The normalized spacial score (nSPS) is 27.5. The maximum Gasteiger partial charge on any atom is 0.254 e. The number of hydrogen-bond acceptors (Lipinski definition) is 2. The summed E-state index contributed by atoms with van der Waals surface area (Å²) in [4.78, 5) is 29.6. The summed E-state index contributed by atoms with van der Waals surface area (Å²) < 4.78 is 0. The summed E-state index contributed by atoms with van der Waals surface area (Å²) in [6.07, 6.45) is 13.4. The summed E-state index contributed by atoms with van der Waals surface area (Å²) in [5, 5.41) is 3.30. The molecule has 2 amide bonds. The van der Waals surface area contributed by atoms with Crippen LogP contribution in [0.3, 0.4) is 0 Å². The highest BCUT2D eigenvalue weighted by Crippen LogP contribution is 2.51. The number of carbonyl (C=O) groups is 2. The minimum atomic E-state index is -0.329. The van der Waals surface area contributed by atoms with Gasteiger partial charge in [-0.1, -0.05) is 56.7 Å². The van der Waals surface area contributed by atoms with Crippen LogP contribution in [-0.4, -0.2) is 34.3 Å². The van der Waals surface area contributed by atoms with Gasteiger partial charge in [0.1, 0.15) is 0 Å². The molecule has 28 heavy (non-hydrogen) atoms. The van der Waals surface area contributed by atoms with E-state index in [0.29, 0.717) is 12.1 Å². The highest BCUT2D eigenvalue weighted by Gasteiger charge is 2.56. The minimum Gasteiger partial charge on any atom is -0.353 e. The van der Waals surface area contributed by atoms with E-state index in [2.05, 4.69) is 10.2 Å². The van der Waals surface area contributed by atoms with Gasteiger partial charge in [-0.25, -0.2) is 0 Å². The molecule has 5 rings (SSSR count). The fourth-order valence-electron chi connectivity index (χ4n) is 6.16. The van der Waals surface area contributed by atoms with Crippen LogP contribution in [0, 0.1) is 0 Å². The topological polar surface area (TPSA) is 49.4 Å². The summed E-state index contributed by atoms with van der Waals surface area (Å²) in [6.45, 7) is 0. The fourth-order valence-corrected chi connectivity index (χ4v) is 6.16. The molecule has 0 radical (unpaired) electrons. The first-order valence-electron chi connectivity index (χ1n) is 11.4. The lowest BCUT2D eigenvalue weighted by atomic mass is 9.64. The Morgan fingerprint density at radius 3 is 2.32 bits per heavy atom. The van der Waals surface area contributed by atoms with Crippen LogP contribution in [0.5, 0.6) is 0 Å². The molecule has 3 aliphatic carbocycles. The van der Waals surface area contributed by atoms with E-state index in [4.69, 9.17) is 0 Å². The van der Waals surface area contributed by atoms with E-state index in [-0.39, 0.29) is 23.3 Å². The van der Waals surface area contributed by atoms with Crippen LogP contribution in [0.25, 0.3) is 0 Å². The lowest BCUT2D eigenvalue weighted by Crippen LogP contribution is -2.65. The van der Waals surface area contributed by atoms with E-state index >= 15 is 0 Å². The predicted molar refractivity (Wildman–Crippen MR) is 109 cm³/mol. The third-order valence-corrected chi connectivity index (χ3v) is 7.58. The number of amides is 2. The summed E-state index contributed by atoms with van der Waals surface area (Å²) in [5.74, 6) is 0.120. The lowest BCUT2D eigenvalue weighted by Gasteiger charge is -2.57. The van der Waals surface area contributed by atoms with E-state index in [1.807, 2.05) is 24.3 Å². The molecule has 1 spiro atoms. The molecule has 1 aromatic carbocycles. The van der Waals surface area contributed by atoms with Crippen LogP contribution in [0.2, 0.25) is 0 Å². The lowest BCUT2D eigenvalue weighted by molar-refractivity contribution is -0.128. The van der Waals surface area contributed by atoms with Gasteiger partial charge in [0.05, 0.1) is 11.5 Å². The van der Waals surface area contributed by atoms with Crippen LogP contribution in [0.4, 0.5) is 0 Å². The second kappa shape index (κ2) is 7.20. The Hall–Kier alpha value is -1.84. The summed E-state index contributed by atoms with van der Waals surface area (Å²) in [6, 6.07) is 8.57. The van der Waals surface area contributed by atoms with Gasteiger partial charge in [0, 0.05) is 17.6 Å². The van der Waals surface area contributed by atoms with Gasteiger partial charge in [-0.05, 0) is 50.2 Å². The number of nitrogens with one attached hydrogen (secondary N) is 1. The Labute approximate surface area is 168 Å². The summed E-state index contributed by atoms with van der Waals surface area (Å²) in [5.41, 5.74) is 1.41. The average Bonchev–Trinajstić information content (AvgIpc) is 3.53. The summed E-state index contributed by atoms with van der Waals surface area (Å²) in [7, 11) is 0. The largest absolute Gasteiger partial charge is 0.353 e. The molecule has 0 saturated heterocycles.